The van der Waals surface area contributed by atoms with Crippen LogP contribution in [0.1, 0.15) is 17.3 Å². The van der Waals surface area contributed by atoms with Crippen LogP contribution in [0.5, 0.6) is 0 Å². The van der Waals surface area contributed by atoms with E-state index in [9.17, 15) is 31.5 Å². The van der Waals surface area contributed by atoms with Crippen molar-refractivity contribution in [2.45, 2.75) is 23.8 Å². The van der Waals surface area contributed by atoms with Crippen molar-refractivity contribution < 1.29 is 36.3 Å². The molecule has 2 aromatic rings. The Hall–Kier alpha value is -2.69. The Balaban J connectivity index is 2.09. The van der Waals surface area contributed by atoms with E-state index in [1.807, 2.05) is 5.32 Å². The minimum atomic E-state index is -2.83. The lowest BCUT2D eigenvalue weighted by atomic mass is 10.2. The van der Waals surface area contributed by atoms with E-state index in [-0.39, 0.29) is 22.4 Å². The highest BCUT2D eigenvalue weighted by atomic mass is 32.2. The lowest BCUT2D eigenvalue weighted by Gasteiger charge is -2.15. The topological polar surface area (TPSA) is 68.3 Å². The first-order valence-corrected chi connectivity index (χ1v) is 8.13. The van der Waals surface area contributed by atoms with Crippen molar-refractivity contribution in [3.8, 4) is 0 Å². The Morgan fingerprint density at radius 1 is 1.15 bits per heavy atom. The zero-order valence-electron chi connectivity index (χ0n) is 13.5. The monoisotopic (exact) mass is 406 g/mol. The number of nitrogens with one attached hydrogen (secondary N) is 1. The van der Waals surface area contributed by atoms with Gasteiger partial charge in [-0.3, -0.25) is 4.79 Å². The summed E-state index contributed by atoms with van der Waals surface area (Å²) in [5.74, 6) is -9.82. The number of alkyl halides is 2. The molecule has 1 N–H and O–H groups in total. The van der Waals surface area contributed by atoms with Crippen molar-refractivity contribution in [2.24, 2.45) is 0 Å². The van der Waals surface area contributed by atoms with Gasteiger partial charge < -0.3 is 10.1 Å². The Morgan fingerprint density at radius 3 is 2.52 bits per heavy atom. The van der Waals surface area contributed by atoms with E-state index >= 15 is 0 Å². The third-order valence-electron chi connectivity index (χ3n) is 3.14. The van der Waals surface area contributed by atoms with Gasteiger partial charge in [0.1, 0.15) is 5.03 Å². The van der Waals surface area contributed by atoms with Crippen molar-refractivity contribution in [3.63, 3.8) is 0 Å². The van der Waals surface area contributed by atoms with Gasteiger partial charge in [0.2, 0.25) is 0 Å². The summed E-state index contributed by atoms with van der Waals surface area (Å²) >= 11 is 0.0238. The summed E-state index contributed by atoms with van der Waals surface area (Å²) in [5.41, 5.74) is -0.946. The number of hydrogen-bond acceptors (Lipinski definition) is 5. The summed E-state index contributed by atoms with van der Waals surface area (Å²) in [7, 11) is 0. The van der Waals surface area contributed by atoms with Crippen LogP contribution in [0.25, 0.3) is 0 Å². The highest BCUT2D eigenvalue weighted by Gasteiger charge is 2.24. The number of carbonyl (C=O) groups is 2. The number of thioether (sulfide) groups is 1. The number of anilines is 1. The first-order chi connectivity index (χ1) is 12.7. The molecule has 0 aliphatic carbocycles. The lowest BCUT2D eigenvalue weighted by molar-refractivity contribution is -0.123. The number of benzene rings is 1. The van der Waals surface area contributed by atoms with Crippen LogP contribution in [0.3, 0.4) is 0 Å². The first-order valence-electron chi connectivity index (χ1n) is 7.26. The molecule has 2 rings (SSSR count). The van der Waals surface area contributed by atoms with Crippen LogP contribution in [0.4, 0.5) is 27.6 Å². The first kappa shape index (κ1) is 20.6. The number of carbonyl (C=O) groups excluding carboxylic acids is 2. The second-order valence-corrected chi connectivity index (χ2v) is 5.97. The molecule has 1 aromatic heterocycles. The predicted molar refractivity (Wildman–Crippen MR) is 85.9 cm³/mol. The highest BCUT2D eigenvalue weighted by molar-refractivity contribution is 7.99. The van der Waals surface area contributed by atoms with Crippen LogP contribution in [0, 0.1) is 17.5 Å². The molecule has 0 fully saturated rings. The van der Waals surface area contributed by atoms with Crippen LogP contribution in [0.15, 0.2) is 35.5 Å². The summed E-state index contributed by atoms with van der Waals surface area (Å²) in [4.78, 5) is 27.7. The largest absolute Gasteiger partial charge is 0.449 e. The molecule has 0 aliphatic rings. The average molecular weight is 406 g/mol. The van der Waals surface area contributed by atoms with E-state index in [1.54, 1.807) is 0 Å². The molecule has 0 bridgehead atoms. The molecule has 0 aliphatic heterocycles. The Labute approximate surface area is 153 Å². The molecular formula is C16H11F5N2O3S. The maximum Gasteiger partial charge on any atom is 0.341 e. The van der Waals surface area contributed by atoms with Crippen LogP contribution >= 0.6 is 11.8 Å². The third-order valence-corrected chi connectivity index (χ3v) is 3.86. The second kappa shape index (κ2) is 8.80. The molecule has 5 nitrogen and oxygen atoms in total. The normalized spacial score (nSPS) is 12.0. The van der Waals surface area contributed by atoms with Gasteiger partial charge in [0, 0.05) is 6.20 Å². The van der Waals surface area contributed by atoms with Crippen LogP contribution < -0.4 is 5.32 Å². The van der Waals surface area contributed by atoms with E-state index in [0.29, 0.717) is 6.07 Å². The molecule has 0 radical (unpaired) electrons. The van der Waals surface area contributed by atoms with Gasteiger partial charge in [0.15, 0.2) is 23.6 Å². The van der Waals surface area contributed by atoms with E-state index in [4.69, 9.17) is 4.74 Å². The van der Waals surface area contributed by atoms with Gasteiger partial charge in [-0.1, -0.05) is 0 Å². The number of hydrogen-bond donors (Lipinski definition) is 1. The molecule has 1 heterocycles. The minimum Gasteiger partial charge on any atom is -0.449 e. The highest BCUT2D eigenvalue weighted by Crippen LogP contribution is 2.27. The van der Waals surface area contributed by atoms with Crippen LogP contribution in [-0.4, -0.2) is 28.7 Å². The molecule has 27 heavy (non-hydrogen) atoms. The Morgan fingerprint density at radius 2 is 1.85 bits per heavy atom. The number of halogens is 5. The van der Waals surface area contributed by atoms with Gasteiger partial charge in [0.05, 0.1) is 11.3 Å². The number of nitrogens with zero attached hydrogens (tertiary/aromatic N) is 1. The molecule has 0 saturated carbocycles. The second-order valence-electron chi connectivity index (χ2n) is 4.99. The average Bonchev–Trinajstić information content (AvgIpc) is 2.62. The summed E-state index contributed by atoms with van der Waals surface area (Å²) < 4.78 is 69.5. The van der Waals surface area contributed by atoms with Crippen molar-refractivity contribution in [1.82, 2.24) is 4.98 Å². The smallest absolute Gasteiger partial charge is 0.341 e. The minimum absolute atomic E-state index is 0.0238. The predicted octanol–water partition coefficient (Wildman–Crippen LogP) is 4.00. The molecule has 1 aromatic carbocycles. The molecule has 0 spiro atoms. The van der Waals surface area contributed by atoms with E-state index in [1.165, 1.54) is 18.3 Å². The Bertz CT molecular complexity index is 866. The maximum absolute atomic E-state index is 13.6. The number of pyridine rings is 1. The van der Waals surface area contributed by atoms with Gasteiger partial charge >= 0.3 is 5.97 Å². The zero-order chi connectivity index (χ0) is 20.1. The van der Waals surface area contributed by atoms with E-state index in [2.05, 4.69) is 4.98 Å². The number of amides is 1. The van der Waals surface area contributed by atoms with E-state index in [0.717, 1.165) is 13.0 Å². The molecule has 0 unspecified atom stereocenters. The number of esters is 1. The van der Waals surface area contributed by atoms with Gasteiger partial charge in [0.25, 0.3) is 11.7 Å². The van der Waals surface area contributed by atoms with Crippen molar-refractivity contribution in [1.29, 1.82) is 0 Å². The van der Waals surface area contributed by atoms with Gasteiger partial charge in [-0.15, -0.1) is 0 Å². The third kappa shape index (κ3) is 5.16. The fourth-order valence-electron chi connectivity index (χ4n) is 1.86. The fraction of sp³-hybridized carbons (Fsp3) is 0.188. The SMILES string of the molecule is C[C@H](OC(=O)c1cccnc1SC(F)F)C(=O)Nc1ccc(F)c(F)c1F. The standard InChI is InChI=1S/C16H11F5N2O3S/c1-7(13(24)23-10-5-4-9(17)11(18)12(10)19)26-15(25)8-3-2-6-22-14(8)27-16(20)21/h2-7,16H,1H3,(H,23,24)/t7-/m0/s1. The number of rotatable bonds is 6. The maximum atomic E-state index is 13.6. The quantitative estimate of drug-likeness (QED) is 0.340. The molecule has 1 atom stereocenters. The summed E-state index contributed by atoms with van der Waals surface area (Å²) in [5, 5.41) is 1.65. The molecule has 144 valence electrons. The van der Waals surface area contributed by atoms with Crippen molar-refractivity contribution in [2.75, 3.05) is 5.32 Å². The summed E-state index contributed by atoms with van der Waals surface area (Å²) in [6.45, 7) is 1.13. The molecule has 1 amide bonds. The zero-order valence-corrected chi connectivity index (χ0v) is 14.3. The molecule has 0 saturated heterocycles. The number of aromatic nitrogens is 1. The van der Waals surface area contributed by atoms with Crippen LogP contribution in [0.2, 0.25) is 0 Å². The summed E-state index contributed by atoms with van der Waals surface area (Å²) in [6, 6.07) is 3.89. The lowest BCUT2D eigenvalue weighted by Crippen LogP contribution is -2.30. The van der Waals surface area contributed by atoms with Crippen molar-refractivity contribution in [3.05, 3.63) is 53.5 Å². The number of ether oxygens (including phenoxy) is 1. The molecule has 11 heteroatoms. The van der Waals surface area contributed by atoms with E-state index < -0.39 is 46.9 Å². The molecular weight excluding hydrogens is 395 g/mol. The van der Waals surface area contributed by atoms with Crippen molar-refractivity contribution >= 4 is 29.3 Å². The fourth-order valence-corrected chi connectivity index (χ4v) is 2.43. The van der Waals surface area contributed by atoms with Gasteiger partial charge in [-0.05, 0) is 43.0 Å². The van der Waals surface area contributed by atoms with Crippen LogP contribution in [-0.2, 0) is 9.53 Å². The summed E-state index contributed by atoms with van der Waals surface area (Å²) in [6.07, 6.45) is -0.293. The Kier molecular flexibility index (Phi) is 6.72. The van der Waals surface area contributed by atoms with Gasteiger partial charge in [-0.25, -0.2) is 22.9 Å². The van der Waals surface area contributed by atoms with Gasteiger partial charge in [-0.2, -0.15) is 8.78 Å².